The zero-order valence-corrected chi connectivity index (χ0v) is 12.3. The van der Waals surface area contributed by atoms with Gasteiger partial charge in [0.05, 0.1) is 6.04 Å². The maximum atomic E-state index is 13.3. The minimum absolute atomic E-state index is 0.148. The zero-order valence-electron chi connectivity index (χ0n) is 12.3. The highest BCUT2D eigenvalue weighted by atomic mass is 19.1. The van der Waals surface area contributed by atoms with Crippen molar-refractivity contribution in [3.8, 4) is 0 Å². The van der Waals surface area contributed by atoms with Crippen molar-refractivity contribution < 1.29 is 8.91 Å². The molecule has 1 saturated heterocycles. The summed E-state index contributed by atoms with van der Waals surface area (Å²) in [7, 11) is 0. The van der Waals surface area contributed by atoms with Gasteiger partial charge in [0.1, 0.15) is 5.82 Å². The topological polar surface area (TPSA) is 42.2 Å². The van der Waals surface area contributed by atoms with Gasteiger partial charge in [0.2, 0.25) is 5.89 Å². The maximum Gasteiger partial charge on any atom is 0.244 e. The molecule has 0 radical (unpaired) electrons. The largest absolute Gasteiger partial charge is 0.338 e. The summed E-state index contributed by atoms with van der Waals surface area (Å²) in [6, 6.07) is 6.93. The number of aromatic nitrogens is 2. The predicted molar refractivity (Wildman–Crippen MR) is 77.1 cm³/mol. The van der Waals surface area contributed by atoms with E-state index in [1.54, 1.807) is 12.1 Å². The quantitative estimate of drug-likeness (QED) is 0.864. The van der Waals surface area contributed by atoms with E-state index in [4.69, 9.17) is 4.52 Å². The lowest BCUT2D eigenvalue weighted by atomic mass is 10.0. The summed E-state index contributed by atoms with van der Waals surface area (Å²) in [5, 5.41) is 3.99. The van der Waals surface area contributed by atoms with Gasteiger partial charge in [-0.05, 0) is 37.1 Å². The Kier molecular flexibility index (Phi) is 4.29. The molecule has 1 atom stereocenters. The number of benzene rings is 1. The number of aryl methyl sites for hydroxylation is 1. The van der Waals surface area contributed by atoms with Gasteiger partial charge in [-0.1, -0.05) is 30.6 Å². The van der Waals surface area contributed by atoms with E-state index in [0.717, 1.165) is 43.6 Å². The van der Waals surface area contributed by atoms with Crippen LogP contribution in [0.5, 0.6) is 0 Å². The molecule has 21 heavy (non-hydrogen) atoms. The lowest BCUT2D eigenvalue weighted by Crippen LogP contribution is -2.33. The van der Waals surface area contributed by atoms with E-state index in [9.17, 15) is 4.39 Å². The van der Waals surface area contributed by atoms with Gasteiger partial charge in [-0.15, -0.1) is 0 Å². The van der Waals surface area contributed by atoms with Crippen LogP contribution in [-0.4, -0.2) is 21.6 Å². The summed E-state index contributed by atoms with van der Waals surface area (Å²) >= 11 is 0. The normalized spacial score (nSPS) is 19.8. The van der Waals surface area contributed by atoms with Gasteiger partial charge < -0.3 is 4.52 Å². The van der Waals surface area contributed by atoms with Crippen molar-refractivity contribution in [3.63, 3.8) is 0 Å². The second-order valence-electron chi connectivity index (χ2n) is 5.51. The van der Waals surface area contributed by atoms with Crippen LogP contribution in [0.3, 0.4) is 0 Å². The van der Waals surface area contributed by atoms with Gasteiger partial charge in [0.15, 0.2) is 5.82 Å². The number of hydrogen-bond acceptors (Lipinski definition) is 4. The first kappa shape index (κ1) is 14.2. The SMILES string of the molecule is CCc1noc([C@@H]2CCCCN2Cc2cccc(F)c2)n1. The molecule has 1 aromatic heterocycles. The number of hydrogen-bond donors (Lipinski definition) is 0. The van der Waals surface area contributed by atoms with E-state index in [2.05, 4.69) is 15.0 Å². The number of likely N-dealkylation sites (tertiary alicyclic amines) is 1. The molecule has 0 N–H and O–H groups in total. The van der Waals surface area contributed by atoms with E-state index in [-0.39, 0.29) is 11.9 Å². The summed E-state index contributed by atoms with van der Waals surface area (Å²) in [6.07, 6.45) is 4.11. The van der Waals surface area contributed by atoms with E-state index in [1.807, 2.05) is 13.0 Å². The van der Waals surface area contributed by atoms with Crippen LogP contribution in [0.15, 0.2) is 28.8 Å². The number of rotatable bonds is 4. The molecule has 0 amide bonds. The third kappa shape index (κ3) is 3.29. The first-order valence-corrected chi connectivity index (χ1v) is 7.57. The first-order valence-electron chi connectivity index (χ1n) is 7.57. The fourth-order valence-corrected chi connectivity index (χ4v) is 2.88. The first-order chi connectivity index (χ1) is 10.3. The van der Waals surface area contributed by atoms with Crippen LogP contribution in [-0.2, 0) is 13.0 Å². The van der Waals surface area contributed by atoms with Crippen molar-refractivity contribution in [2.45, 2.75) is 45.2 Å². The monoisotopic (exact) mass is 289 g/mol. The zero-order chi connectivity index (χ0) is 14.7. The molecule has 5 heteroatoms. The van der Waals surface area contributed by atoms with Gasteiger partial charge in [-0.2, -0.15) is 4.98 Å². The molecule has 0 bridgehead atoms. The fourth-order valence-electron chi connectivity index (χ4n) is 2.88. The summed E-state index contributed by atoms with van der Waals surface area (Å²) < 4.78 is 18.7. The van der Waals surface area contributed by atoms with E-state index < -0.39 is 0 Å². The molecule has 1 aliphatic heterocycles. The van der Waals surface area contributed by atoms with Crippen LogP contribution < -0.4 is 0 Å². The highest BCUT2D eigenvalue weighted by molar-refractivity contribution is 5.16. The van der Waals surface area contributed by atoms with Crippen LogP contribution >= 0.6 is 0 Å². The van der Waals surface area contributed by atoms with Crippen LogP contribution in [0.2, 0.25) is 0 Å². The molecular weight excluding hydrogens is 269 g/mol. The Hall–Kier alpha value is -1.75. The predicted octanol–water partition coefficient (Wildman–Crippen LogP) is 3.50. The van der Waals surface area contributed by atoms with Crippen LogP contribution in [0.25, 0.3) is 0 Å². The molecular formula is C16H20FN3O. The lowest BCUT2D eigenvalue weighted by molar-refractivity contribution is 0.111. The van der Waals surface area contributed by atoms with Gasteiger partial charge in [0, 0.05) is 13.0 Å². The maximum absolute atomic E-state index is 13.3. The third-order valence-electron chi connectivity index (χ3n) is 3.97. The summed E-state index contributed by atoms with van der Waals surface area (Å²) in [4.78, 5) is 6.78. The van der Waals surface area contributed by atoms with E-state index >= 15 is 0 Å². The van der Waals surface area contributed by atoms with Crippen molar-refractivity contribution in [2.75, 3.05) is 6.54 Å². The Morgan fingerprint density at radius 2 is 2.29 bits per heavy atom. The Morgan fingerprint density at radius 3 is 3.05 bits per heavy atom. The second-order valence-corrected chi connectivity index (χ2v) is 5.51. The van der Waals surface area contributed by atoms with Crippen molar-refractivity contribution >= 4 is 0 Å². The van der Waals surface area contributed by atoms with Gasteiger partial charge >= 0.3 is 0 Å². The van der Waals surface area contributed by atoms with Gasteiger partial charge in [0.25, 0.3) is 0 Å². The van der Waals surface area contributed by atoms with Crippen molar-refractivity contribution in [1.29, 1.82) is 0 Å². The highest BCUT2D eigenvalue weighted by Crippen LogP contribution is 2.31. The molecule has 2 aromatic rings. The molecule has 1 fully saturated rings. The van der Waals surface area contributed by atoms with Crippen LogP contribution in [0, 0.1) is 5.82 Å². The van der Waals surface area contributed by atoms with Gasteiger partial charge in [-0.3, -0.25) is 4.90 Å². The molecule has 0 unspecified atom stereocenters. The van der Waals surface area contributed by atoms with Crippen LogP contribution in [0.4, 0.5) is 4.39 Å². The smallest absolute Gasteiger partial charge is 0.244 e. The molecule has 0 spiro atoms. The van der Waals surface area contributed by atoms with E-state index in [0.29, 0.717) is 12.4 Å². The molecule has 1 aromatic carbocycles. The van der Waals surface area contributed by atoms with Crippen molar-refractivity contribution in [2.24, 2.45) is 0 Å². The molecule has 3 rings (SSSR count). The number of halogens is 1. The van der Waals surface area contributed by atoms with Crippen molar-refractivity contribution in [3.05, 3.63) is 47.4 Å². The number of piperidine rings is 1. The molecule has 4 nitrogen and oxygen atoms in total. The lowest BCUT2D eigenvalue weighted by Gasteiger charge is -2.33. The summed E-state index contributed by atoms with van der Waals surface area (Å²) in [5.74, 6) is 1.26. The minimum atomic E-state index is -0.188. The Bertz CT molecular complexity index is 599. The minimum Gasteiger partial charge on any atom is -0.338 e. The molecule has 0 saturated carbocycles. The fraction of sp³-hybridized carbons (Fsp3) is 0.500. The average Bonchev–Trinajstić information content (AvgIpc) is 2.97. The highest BCUT2D eigenvalue weighted by Gasteiger charge is 2.28. The second kappa shape index (κ2) is 6.35. The Balaban J connectivity index is 1.78. The Labute approximate surface area is 124 Å². The molecule has 1 aliphatic rings. The van der Waals surface area contributed by atoms with Gasteiger partial charge in [-0.25, -0.2) is 4.39 Å². The summed E-state index contributed by atoms with van der Waals surface area (Å²) in [6.45, 7) is 3.71. The Morgan fingerprint density at radius 1 is 1.38 bits per heavy atom. The van der Waals surface area contributed by atoms with Crippen LogP contribution in [0.1, 0.15) is 49.5 Å². The molecule has 0 aliphatic carbocycles. The molecule has 2 heterocycles. The standard InChI is InChI=1S/C16H20FN3O/c1-2-15-18-16(21-19-15)14-8-3-4-9-20(14)11-12-6-5-7-13(17)10-12/h5-7,10,14H,2-4,8-9,11H2,1H3/t14-/m0/s1. The van der Waals surface area contributed by atoms with Crippen molar-refractivity contribution in [1.82, 2.24) is 15.0 Å². The number of nitrogens with zero attached hydrogens (tertiary/aromatic N) is 3. The third-order valence-corrected chi connectivity index (χ3v) is 3.97. The summed E-state index contributed by atoms with van der Waals surface area (Å²) in [5.41, 5.74) is 0.983. The average molecular weight is 289 g/mol. The molecule has 112 valence electrons. The van der Waals surface area contributed by atoms with E-state index in [1.165, 1.54) is 6.07 Å².